The lowest BCUT2D eigenvalue weighted by atomic mass is 10.1. The molecule has 0 aliphatic carbocycles. The highest BCUT2D eigenvalue weighted by Gasteiger charge is 2.30. The molecule has 1 fully saturated rings. The van der Waals surface area contributed by atoms with Gasteiger partial charge in [-0.05, 0) is 18.9 Å². The zero-order valence-corrected chi connectivity index (χ0v) is 14.2. The highest BCUT2D eigenvalue weighted by Crippen LogP contribution is 2.28. The monoisotopic (exact) mass is 385 g/mol. The zero-order chi connectivity index (χ0) is 19.6. The van der Waals surface area contributed by atoms with E-state index in [2.05, 4.69) is 14.7 Å². The molecule has 0 radical (unpaired) electrons. The lowest BCUT2D eigenvalue weighted by molar-refractivity contribution is 0.0510. The zero-order valence-electron chi connectivity index (χ0n) is 14.2. The molecule has 3 rings (SSSR count). The number of nitrogens with zero attached hydrogens (tertiary/aromatic N) is 3. The van der Waals surface area contributed by atoms with Gasteiger partial charge in [0.25, 0.3) is 5.91 Å². The van der Waals surface area contributed by atoms with Gasteiger partial charge in [0.15, 0.2) is 23.2 Å². The van der Waals surface area contributed by atoms with E-state index in [4.69, 9.17) is 4.74 Å². The molecule has 0 saturated carbocycles. The number of rotatable bonds is 4. The summed E-state index contributed by atoms with van der Waals surface area (Å²) in [7, 11) is 0.975. The average Bonchev–Trinajstić information content (AvgIpc) is 2.67. The first-order chi connectivity index (χ1) is 12.9. The molecule has 1 aliphatic heterocycles. The lowest BCUT2D eigenvalue weighted by Gasteiger charge is -2.32. The summed E-state index contributed by atoms with van der Waals surface area (Å²) in [5.41, 5.74) is -0.635. The molecular weight excluding hydrogens is 370 g/mol. The van der Waals surface area contributed by atoms with E-state index < -0.39 is 46.6 Å². The minimum absolute atomic E-state index is 0.0559. The Bertz CT molecular complexity index is 848. The van der Waals surface area contributed by atoms with Gasteiger partial charge < -0.3 is 14.4 Å². The van der Waals surface area contributed by atoms with Crippen molar-refractivity contribution in [2.45, 2.75) is 18.9 Å². The van der Waals surface area contributed by atoms with Crippen LogP contribution in [0.25, 0.3) is 0 Å². The predicted octanol–water partition coefficient (Wildman–Crippen LogP) is 2.73. The highest BCUT2D eigenvalue weighted by atomic mass is 19.2. The van der Waals surface area contributed by atoms with Crippen molar-refractivity contribution >= 4 is 5.91 Å². The Labute approximate surface area is 151 Å². The first kappa shape index (κ1) is 18.9. The number of amides is 1. The molecule has 1 aromatic carbocycles. The van der Waals surface area contributed by atoms with Crippen molar-refractivity contribution in [3.63, 3.8) is 0 Å². The largest absolute Gasteiger partial charge is 0.491 e. The molecule has 1 unspecified atom stereocenters. The summed E-state index contributed by atoms with van der Waals surface area (Å²) in [6.45, 7) is 0.337. The van der Waals surface area contributed by atoms with Crippen LogP contribution in [0.15, 0.2) is 18.5 Å². The van der Waals surface area contributed by atoms with Crippen molar-refractivity contribution in [1.82, 2.24) is 14.9 Å². The third-order valence-electron chi connectivity index (χ3n) is 4.08. The number of carbonyl (C=O) groups is 1. The Morgan fingerprint density at radius 3 is 2.56 bits per heavy atom. The quantitative estimate of drug-likeness (QED) is 0.598. The number of hydrogen-bond acceptors (Lipinski definition) is 5. The summed E-state index contributed by atoms with van der Waals surface area (Å²) in [5.74, 6) is -6.56. The van der Waals surface area contributed by atoms with Crippen LogP contribution in [0, 0.1) is 23.3 Å². The molecule has 144 valence electrons. The first-order valence-electron chi connectivity index (χ1n) is 8.05. The number of benzene rings is 1. The fourth-order valence-corrected chi connectivity index (χ4v) is 2.81. The maximum Gasteiger partial charge on any atom is 0.316 e. The molecule has 0 spiro atoms. The summed E-state index contributed by atoms with van der Waals surface area (Å²) >= 11 is 0. The Kier molecular flexibility index (Phi) is 5.43. The second-order valence-electron chi connectivity index (χ2n) is 5.88. The van der Waals surface area contributed by atoms with Crippen molar-refractivity contribution in [2.24, 2.45) is 0 Å². The fraction of sp³-hybridized carbons (Fsp3) is 0.353. The molecule has 0 N–H and O–H groups in total. The van der Waals surface area contributed by atoms with Gasteiger partial charge in [-0.3, -0.25) is 4.79 Å². The molecule has 2 aromatic rings. The Hall–Kier alpha value is -2.91. The standard InChI is InChI=1S/C17H15F4N3O3/c1-26-15-13(20)11(5-12(19)14(15)21)16(25)24-4-2-3-10(8-24)27-17-22-6-9(18)7-23-17/h5-7,10H,2-4,8H2,1H3. The fourth-order valence-electron chi connectivity index (χ4n) is 2.81. The van der Waals surface area contributed by atoms with Gasteiger partial charge in [-0.1, -0.05) is 0 Å². The van der Waals surface area contributed by atoms with Crippen molar-refractivity contribution in [3.8, 4) is 11.8 Å². The van der Waals surface area contributed by atoms with Gasteiger partial charge in [0, 0.05) is 6.54 Å². The first-order valence-corrected chi connectivity index (χ1v) is 8.05. The third kappa shape index (κ3) is 3.93. The minimum atomic E-state index is -1.50. The number of piperidine rings is 1. The van der Waals surface area contributed by atoms with E-state index in [1.807, 2.05) is 0 Å². The number of carbonyl (C=O) groups excluding carboxylic acids is 1. The van der Waals surface area contributed by atoms with E-state index in [9.17, 15) is 22.4 Å². The predicted molar refractivity (Wildman–Crippen MR) is 84.4 cm³/mol. The summed E-state index contributed by atoms with van der Waals surface area (Å²) in [5, 5.41) is 0. The Balaban J connectivity index is 1.77. The van der Waals surface area contributed by atoms with Gasteiger partial charge >= 0.3 is 6.01 Å². The Morgan fingerprint density at radius 1 is 1.19 bits per heavy atom. The molecule has 2 heterocycles. The molecular formula is C17H15F4N3O3. The van der Waals surface area contributed by atoms with Gasteiger partial charge in [-0.15, -0.1) is 0 Å². The Morgan fingerprint density at radius 2 is 1.89 bits per heavy atom. The summed E-state index contributed by atoms with van der Waals surface area (Å²) in [6, 6.07) is 0.444. The smallest absolute Gasteiger partial charge is 0.316 e. The van der Waals surface area contributed by atoms with Gasteiger partial charge in [0.2, 0.25) is 5.82 Å². The summed E-state index contributed by atoms with van der Waals surface area (Å²) in [6.07, 6.45) is 2.46. The molecule has 1 amide bonds. The van der Waals surface area contributed by atoms with Crippen LogP contribution in [0.1, 0.15) is 23.2 Å². The number of aromatic nitrogens is 2. The van der Waals surface area contributed by atoms with Crippen LogP contribution in [0.2, 0.25) is 0 Å². The summed E-state index contributed by atoms with van der Waals surface area (Å²) in [4.78, 5) is 21.2. The van der Waals surface area contributed by atoms with Crippen LogP contribution in [0.3, 0.4) is 0 Å². The topological polar surface area (TPSA) is 64.5 Å². The van der Waals surface area contributed by atoms with E-state index in [-0.39, 0.29) is 19.1 Å². The van der Waals surface area contributed by atoms with Gasteiger partial charge in [0.05, 0.1) is 31.6 Å². The number of likely N-dealkylation sites (tertiary alicyclic amines) is 1. The molecule has 0 bridgehead atoms. The minimum Gasteiger partial charge on any atom is -0.491 e. The van der Waals surface area contributed by atoms with Crippen molar-refractivity contribution in [1.29, 1.82) is 0 Å². The van der Waals surface area contributed by atoms with Crippen LogP contribution in [0.5, 0.6) is 11.8 Å². The number of hydrogen-bond donors (Lipinski definition) is 0. The third-order valence-corrected chi connectivity index (χ3v) is 4.08. The molecule has 1 saturated heterocycles. The van der Waals surface area contributed by atoms with Crippen LogP contribution in [-0.4, -0.2) is 47.1 Å². The number of halogens is 4. The van der Waals surface area contributed by atoms with Crippen molar-refractivity contribution < 1.29 is 31.8 Å². The highest BCUT2D eigenvalue weighted by molar-refractivity contribution is 5.95. The molecule has 1 atom stereocenters. The molecule has 27 heavy (non-hydrogen) atoms. The molecule has 1 aliphatic rings. The second kappa shape index (κ2) is 7.77. The van der Waals surface area contributed by atoms with Crippen LogP contribution in [-0.2, 0) is 0 Å². The molecule has 6 nitrogen and oxygen atoms in total. The number of ether oxygens (including phenoxy) is 2. The van der Waals surface area contributed by atoms with E-state index in [0.29, 0.717) is 18.9 Å². The van der Waals surface area contributed by atoms with Crippen LogP contribution >= 0.6 is 0 Å². The average molecular weight is 385 g/mol. The van der Waals surface area contributed by atoms with E-state index in [1.54, 1.807) is 0 Å². The maximum atomic E-state index is 14.3. The maximum absolute atomic E-state index is 14.3. The lowest BCUT2D eigenvalue weighted by Crippen LogP contribution is -2.44. The van der Waals surface area contributed by atoms with E-state index in [1.165, 1.54) is 4.90 Å². The number of methoxy groups -OCH3 is 1. The summed E-state index contributed by atoms with van der Waals surface area (Å²) < 4.78 is 64.4. The van der Waals surface area contributed by atoms with Gasteiger partial charge in [-0.25, -0.2) is 23.1 Å². The molecule has 10 heteroatoms. The second-order valence-corrected chi connectivity index (χ2v) is 5.88. The van der Waals surface area contributed by atoms with E-state index >= 15 is 0 Å². The normalized spacial score (nSPS) is 16.9. The SMILES string of the molecule is COc1c(F)c(F)cc(C(=O)N2CCCC(Oc3ncc(F)cn3)C2)c1F. The van der Waals surface area contributed by atoms with Crippen LogP contribution < -0.4 is 9.47 Å². The van der Waals surface area contributed by atoms with Crippen LogP contribution in [0.4, 0.5) is 17.6 Å². The van der Waals surface area contributed by atoms with Gasteiger partial charge in [-0.2, -0.15) is 4.39 Å². The van der Waals surface area contributed by atoms with Crippen molar-refractivity contribution in [3.05, 3.63) is 47.3 Å². The van der Waals surface area contributed by atoms with E-state index in [0.717, 1.165) is 19.5 Å². The van der Waals surface area contributed by atoms with Crippen molar-refractivity contribution in [2.75, 3.05) is 20.2 Å². The molecule has 1 aromatic heterocycles. The van der Waals surface area contributed by atoms with Gasteiger partial charge in [0.1, 0.15) is 6.10 Å².